The Balaban J connectivity index is 2.03. The summed E-state index contributed by atoms with van der Waals surface area (Å²) in [6.07, 6.45) is 0. The molecule has 0 aliphatic heterocycles. The average molecular weight is 413 g/mol. The van der Waals surface area contributed by atoms with Crippen molar-refractivity contribution in [3.63, 3.8) is 0 Å². The van der Waals surface area contributed by atoms with Crippen molar-refractivity contribution in [3.8, 4) is 11.1 Å². The minimum absolute atomic E-state index is 0.0165. The summed E-state index contributed by atoms with van der Waals surface area (Å²) in [5, 5.41) is 0.508. The van der Waals surface area contributed by atoms with Crippen LogP contribution in [0.4, 0.5) is 10.1 Å². The van der Waals surface area contributed by atoms with Gasteiger partial charge in [-0.15, -0.1) is 0 Å². The summed E-state index contributed by atoms with van der Waals surface area (Å²) in [7, 11) is 3.48. The lowest BCUT2D eigenvalue weighted by Crippen LogP contribution is -2.23. The molecular weight excluding hydrogens is 387 g/mol. The summed E-state index contributed by atoms with van der Waals surface area (Å²) in [4.78, 5) is 1.84. The normalized spacial score (nSPS) is 12.0. The molecule has 0 saturated heterocycles. The van der Waals surface area contributed by atoms with Gasteiger partial charge >= 0.3 is 0 Å². The number of nitrogens with zero attached hydrogens (tertiary/aromatic N) is 1. The highest BCUT2D eigenvalue weighted by Crippen LogP contribution is 2.36. The number of benzene rings is 3. The van der Waals surface area contributed by atoms with Crippen molar-refractivity contribution in [3.05, 3.63) is 88.7 Å². The second-order valence-electron chi connectivity index (χ2n) is 6.99. The van der Waals surface area contributed by atoms with Crippen LogP contribution < -0.4 is 10.6 Å². The first kappa shape index (κ1) is 21.3. The van der Waals surface area contributed by atoms with Crippen LogP contribution >= 0.6 is 11.6 Å². The van der Waals surface area contributed by atoms with Gasteiger partial charge in [-0.25, -0.2) is 4.39 Å². The predicted octanol–water partition coefficient (Wildman–Crippen LogP) is 5.32. The third kappa shape index (κ3) is 4.78. The van der Waals surface area contributed by atoms with E-state index in [4.69, 9.17) is 22.1 Å². The van der Waals surface area contributed by atoms with Gasteiger partial charge in [-0.3, -0.25) is 0 Å². The molecule has 0 bridgehead atoms. The molecular formula is C24H26ClFN2O. The van der Waals surface area contributed by atoms with Gasteiger partial charge in [0.2, 0.25) is 0 Å². The largest absolute Gasteiger partial charge is 0.383 e. The second kappa shape index (κ2) is 9.88. The third-order valence-electron chi connectivity index (χ3n) is 5.14. The van der Waals surface area contributed by atoms with E-state index in [0.29, 0.717) is 41.5 Å². The van der Waals surface area contributed by atoms with Crippen LogP contribution in [0.2, 0.25) is 5.02 Å². The first-order chi connectivity index (χ1) is 14.1. The summed E-state index contributed by atoms with van der Waals surface area (Å²) in [6.45, 7) is 1.56. The van der Waals surface area contributed by atoms with Crippen LogP contribution in [0.5, 0.6) is 0 Å². The van der Waals surface area contributed by atoms with Crippen LogP contribution in [0.3, 0.4) is 0 Å². The van der Waals surface area contributed by atoms with Crippen molar-refractivity contribution in [2.24, 2.45) is 5.73 Å². The van der Waals surface area contributed by atoms with Crippen LogP contribution in [-0.2, 0) is 4.74 Å². The zero-order valence-electron chi connectivity index (χ0n) is 16.7. The van der Waals surface area contributed by atoms with Gasteiger partial charge in [-0.1, -0.05) is 60.1 Å². The highest BCUT2D eigenvalue weighted by Gasteiger charge is 2.18. The highest BCUT2D eigenvalue weighted by molar-refractivity contribution is 6.33. The molecule has 5 heteroatoms. The Hall–Kier alpha value is -2.40. The van der Waals surface area contributed by atoms with Crippen LogP contribution in [0.25, 0.3) is 11.1 Å². The molecule has 3 aromatic carbocycles. The first-order valence-electron chi connectivity index (χ1n) is 9.60. The lowest BCUT2D eigenvalue weighted by molar-refractivity contribution is 0.206. The predicted molar refractivity (Wildman–Crippen MR) is 119 cm³/mol. The number of likely N-dealkylation sites (N-methyl/N-ethyl adjacent to an activating group) is 1. The SMILES string of the molecule is COCCN(C)c1cccc(-c2cc(C(CN)c3ccccc3)ccc2Cl)c1F. The van der Waals surface area contributed by atoms with Gasteiger partial charge in [0.1, 0.15) is 0 Å². The lowest BCUT2D eigenvalue weighted by atomic mass is 9.89. The second-order valence-corrected chi connectivity index (χ2v) is 7.40. The molecule has 29 heavy (non-hydrogen) atoms. The van der Waals surface area contributed by atoms with E-state index in [1.165, 1.54) is 0 Å². The summed E-state index contributed by atoms with van der Waals surface area (Å²) in [6, 6.07) is 21.2. The lowest BCUT2D eigenvalue weighted by Gasteiger charge is -2.22. The van der Waals surface area contributed by atoms with E-state index >= 15 is 4.39 Å². The number of hydrogen-bond acceptors (Lipinski definition) is 3. The number of anilines is 1. The van der Waals surface area contributed by atoms with Gasteiger partial charge in [0.25, 0.3) is 0 Å². The van der Waals surface area contributed by atoms with Crippen molar-refractivity contribution < 1.29 is 9.13 Å². The molecule has 0 saturated carbocycles. The molecule has 0 aliphatic carbocycles. The van der Waals surface area contributed by atoms with Crippen molar-refractivity contribution in [1.29, 1.82) is 0 Å². The fourth-order valence-electron chi connectivity index (χ4n) is 3.49. The molecule has 2 N–H and O–H groups in total. The number of methoxy groups -OCH3 is 1. The Labute approximate surface area is 176 Å². The number of rotatable bonds is 8. The molecule has 0 spiro atoms. The number of nitrogens with two attached hydrogens (primary N) is 1. The zero-order valence-corrected chi connectivity index (χ0v) is 17.5. The summed E-state index contributed by atoms with van der Waals surface area (Å²) < 4.78 is 20.5. The molecule has 0 aliphatic rings. The number of halogens is 2. The molecule has 1 unspecified atom stereocenters. The molecule has 0 fully saturated rings. The summed E-state index contributed by atoms with van der Waals surface area (Å²) in [5.74, 6) is -0.281. The van der Waals surface area contributed by atoms with E-state index in [-0.39, 0.29) is 11.7 Å². The summed E-state index contributed by atoms with van der Waals surface area (Å²) in [5.41, 5.74) is 9.86. The standard InChI is InChI=1S/C24H26ClFN2O/c1-28(13-14-29-2)23-10-6-9-19(24(23)26)20-15-18(11-12-22(20)25)21(16-27)17-7-4-3-5-8-17/h3-12,15,21H,13-14,16,27H2,1-2H3. The molecule has 0 aromatic heterocycles. The molecule has 0 radical (unpaired) electrons. The van der Waals surface area contributed by atoms with Crippen molar-refractivity contribution in [2.45, 2.75) is 5.92 Å². The molecule has 3 rings (SSSR count). The van der Waals surface area contributed by atoms with Crippen molar-refractivity contribution in [2.75, 3.05) is 38.8 Å². The first-order valence-corrected chi connectivity index (χ1v) is 9.98. The van der Waals surface area contributed by atoms with Gasteiger partial charge in [-0.2, -0.15) is 0 Å². The Bertz CT molecular complexity index is 949. The average Bonchev–Trinajstić information content (AvgIpc) is 2.75. The van der Waals surface area contributed by atoms with Crippen LogP contribution in [0.15, 0.2) is 66.7 Å². The quantitative estimate of drug-likeness (QED) is 0.544. The Morgan fingerprint density at radius 3 is 2.45 bits per heavy atom. The molecule has 3 nitrogen and oxygen atoms in total. The Morgan fingerprint density at radius 2 is 1.76 bits per heavy atom. The molecule has 3 aromatic rings. The third-order valence-corrected chi connectivity index (χ3v) is 5.47. The molecule has 1 atom stereocenters. The maximum absolute atomic E-state index is 15.4. The Kier molecular flexibility index (Phi) is 7.26. The van der Waals surface area contributed by atoms with Gasteiger partial charge in [0, 0.05) is 49.3 Å². The topological polar surface area (TPSA) is 38.5 Å². The van der Waals surface area contributed by atoms with E-state index in [0.717, 1.165) is 11.1 Å². The van der Waals surface area contributed by atoms with Crippen molar-refractivity contribution in [1.82, 2.24) is 0 Å². The van der Waals surface area contributed by atoms with E-state index in [1.54, 1.807) is 19.2 Å². The van der Waals surface area contributed by atoms with Crippen LogP contribution in [0, 0.1) is 5.82 Å². The zero-order chi connectivity index (χ0) is 20.8. The van der Waals surface area contributed by atoms with E-state index in [1.807, 2.05) is 54.4 Å². The number of ether oxygens (including phenoxy) is 1. The highest BCUT2D eigenvalue weighted by atomic mass is 35.5. The van der Waals surface area contributed by atoms with Crippen LogP contribution in [0.1, 0.15) is 17.0 Å². The van der Waals surface area contributed by atoms with Gasteiger partial charge in [0.15, 0.2) is 5.82 Å². The van der Waals surface area contributed by atoms with Gasteiger partial charge in [-0.05, 0) is 29.3 Å². The summed E-state index contributed by atoms with van der Waals surface area (Å²) >= 11 is 6.48. The van der Waals surface area contributed by atoms with E-state index < -0.39 is 0 Å². The van der Waals surface area contributed by atoms with E-state index in [9.17, 15) is 0 Å². The van der Waals surface area contributed by atoms with Gasteiger partial charge < -0.3 is 15.4 Å². The monoisotopic (exact) mass is 412 g/mol. The molecule has 152 valence electrons. The van der Waals surface area contributed by atoms with E-state index in [2.05, 4.69) is 12.1 Å². The van der Waals surface area contributed by atoms with Gasteiger partial charge in [0.05, 0.1) is 12.3 Å². The maximum Gasteiger partial charge on any atom is 0.154 e. The maximum atomic E-state index is 15.4. The smallest absolute Gasteiger partial charge is 0.154 e. The van der Waals surface area contributed by atoms with Crippen LogP contribution in [-0.4, -0.2) is 33.9 Å². The molecule has 0 heterocycles. The van der Waals surface area contributed by atoms with Crippen molar-refractivity contribution >= 4 is 17.3 Å². The fourth-order valence-corrected chi connectivity index (χ4v) is 3.71. The number of hydrogen-bond donors (Lipinski definition) is 1. The minimum atomic E-state index is -0.297. The Morgan fingerprint density at radius 1 is 1.00 bits per heavy atom. The molecule has 0 amide bonds. The fraction of sp³-hybridized carbons (Fsp3) is 0.250. The minimum Gasteiger partial charge on any atom is -0.383 e.